The molecule has 38 heavy (non-hydrogen) atoms. The summed E-state index contributed by atoms with van der Waals surface area (Å²) in [5.41, 5.74) is 1.83. The van der Waals surface area contributed by atoms with Gasteiger partial charge in [-0.05, 0) is 43.5 Å². The Morgan fingerprint density at radius 2 is 2.08 bits per heavy atom. The number of carbonyl (C=O) groups excluding carboxylic acids is 1. The Labute approximate surface area is 221 Å². The van der Waals surface area contributed by atoms with Crippen LogP contribution in [-0.2, 0) is 6.42 Å². The number of H-pyrrole nitrogens is 1. The van der Waals surface area contributed by atoms with E-state index in [0.717, 1.165) is 5.56 Å². The van der Waals surface area contributed by atoms with E-state index in [1.807, 2.05) is 13.8 Å². The van der Waals surface area contributed by atoms with Gasteiger partial charge in [0.2, 0.25) is 5.88 Å². The molecular weight excluding hydrogens is 523 g/mol. The van der Waals surface area contributed by atoms with Crippen LogP contribution in [0.25, 0.3) is 11.1 Å². The summed E-state index contributed by atoms with van der Waals surface area (Å²) in [6, 6.07) is 5.93. The number of aromatic nitrogens is 3. The minimum Gasteiger partial charge on any atom is -0.477 e. The molecular formula is C26H25ClF3N5O3. The molecule has 1 aliphatic heterocycles. The Morgan fingerprint density at radius 1 is 1.32 bits per heavy atom. The van der Waals surface area contributed by atoms with Crippen LogP contribution in [0.3, 0.4) is 0 Å². The largest absolute Gasteiger partial charge is 0.477 e. The van der Waals surface area contributed by atoms with Crippen LogP contribution in [0.2, 0.25) is 5.02 Å². The Bertz CT molecular complexity index is 1430. The molecule has 200 valence electrons. The smallest absolute Gasteiger partial charge is 0.322 e. The number of alkyl halides is 2. The molecule has 2 aliphatic rings. The van der Waals surface area contributed by atoms with Crippen LogP contribution in [-0.4, -0.2) is 44.7 Å². The summed E-state index contributed by atoms with van der Waals surface area (Å²) in [6.45, 7) is 3.63. The maximum atomic E-state index is 15.1. The van der Waals surface area contributed by atoms with Crippen LogP contribution >= 0.6 is 11.6 Å². The molecule has 3 atom stereocenters. The summed E-state index contributed by atoms with van der Waals surface area (Å²) in [6.07, 6.45) is 2.20. The number of ether oxygens (including phenoxy) is 1. The SMILES string of the molecule is CCC1c2n[nH]c(=O)cc2CC(C)N1C(=O)Nc1cc(Cl)c(-c2ccc(OCC3CC3(F)F)nc2)cc1F. The third-order valence-electron chi connectivity index (χ3n) is 6.92. The lowest BCUT2D eigenvalue weighted by Gasteiger charge is -2.40. The van der Waals surface area contributed by atoms with Crippen molar-refractivity contribution in [3.8, 4) is 17.0 Å². The number of hydrogen-bond acceptors (Lipinski definition) is 5. The molecule has 2 amide bonds. The quantitative estimate of drug-likeness (QED) is 0.419. The molecule has 2 N–H and O–H groups in total. The van der Waals surface area contributed by atoms with Crippen molar-refractivity contribution in [1.29, 1.82) is 0 Å². The lowest BCUT2D eigenvalue weighted by molar-refractivity contribution is 0.0849. The number of rotatable bonds is 6. The molecule has 1 aliphatic carbocycles. The van der Waals surface area contributed by atoms with Gasteiger partial charge in [-0.3, -0.25) is 4.79 Å². The Kier molecular flexibility index (Phi) is 6.81. The number of nitrogens with one attached hydrogen (secondary N) is 2. The van der Waals surface area contributed by atoms with Crippen LogP contribution in [0.15, 0.2) is 41.3 Å². The minimum absolute atomic E-state index is 0.0932. The first-order valence-electron chi connectivity index (χ1n) is 12.2. The summed E-state index contributed by atoms with van der Waals surface area (Å²) in [5, 5.41) is 9.37. The van der Waals surface area contributed by atoms with Crippen molar-refractivity contribution in [3.63, 3.8) is 0 Å². The van der Waals surface area contributed by atoms with E-state index in [4.69, 9.17) is 16.3 Å². The van der Waals surface area contributed by atoms with E-state index in [1.54, 1.807) is 11.0 Å². The van der Waals surface area contributed by atoms with Crippen molar-refractivity contribution in [1.82, 2.24) is 20.1 Å². The van der Waals surface area contributed by atoms with Gasteiger partial charge in [-0.25, -0.2) is 28.0 Å². The summed E-state index contributed by atoms with van der Waals surface area (Å²) < 4.78 is 46.5. The van der Waals surface area contributed by atoms with Gasteiger partial charge in [-0.1, -0.05) is 18.5 Å². The second-order valence-electron chi connectivity index (χ2n) is 9.63. The summed E-state index contributed by atoms with van der Waals surface area (Å²) in [5.74, 6) is -3.99. The molecule has 12 heteroatoms. The van der Waals surface area contributed by atoms with Gasteiger partial charge in [0.15, 0.2) is 0 Å². The van der Waals surface area contributed by atoms with E-state index in [0.29, 0.717) is 29.7 Å². The van der Waals surface area contributed by atoms with Crippen LogP contribution in [0, 0.1) is 11.7 Å². The number of carbonyl (C=O) groups is 1. The fraction of sp³-hybridized carbons (Fsp3) is 0.385. The fourth-order valence-corrected chi connectivity index (χ4v) is 5.07. The zero-order chi connectivity index (χ0) is 27.2. The number of benzene rings is 1. The molecule has 2 aromatic heterocycles. The van der Waals surface area contributed by atoms with Crippen LogP contribution in [0.5, 0.6) is 5.88 Å². The first-order valence-corrected chi connectivity index (χ1v) is 12.6. The maximum Gasteiger partial charge on any atom is 0.322 e. The highest BCUT2D eigenvalue weighted by molar-refractivity contribution is 6.33. The van der Waals surface area contributed by atoms with Gasteiger partial charge in [-0.15, -0.1) is 0 Å². The van der Waals surface area contributed by atoms with Crippen LogP contribution in [0.4, 0.5) is 23.7 Å². The molecule has 1 saturated carbocycles. The Balaban J connectivity index is 1.31. The highest BCUT2D eigenvalue weighted by Crippen LogP contribution is 2.48. The number of halogens is 4. The topological polar surface area (TPSA) is 100 Å². The minimum atomic E-state index is -2.67. The van der Waals surface area contributed by atoms with E-state index in [9.17, 15) is 18.4 Å². The molecule has 3 unspecified atom stereocenters. The van der Waals surface area contributed by atoms with Crippen LogP contribution < -0.4 is 15.6 Å². The van der Waals surface area contributed by atoms with Gasteiger partial charge < -0.3 is 15.0 Å². The van der Waals surface area contributed by atoms with Gasteiger partial charge in [-0.2, -0.15) is 5.10 Å². The summed E-state index contributed by atoms with van der Waals surface area (Å²) in [7, 11) is 0. The van der Waals surface area contributed by atoms with Gasteiger partial charge in [0.05, 0.1) is 35.0 Å². The first kappa shape index (κ1) is 26.0. The standard InChI is InChI=1S/C26H25ClF3N5O3/c1-3-21-24-15(7-22(36)33-34-24)6-13(2)35(21)25(37)32-20-9-18(27)17(8-19(20)28)14-4-5-23(31-11-14)38-12-16-10-26(16,29)30/h4-5,7-9,11,13,16,21H,3,6,10,12H2,1-2H3,(H,32,37)(H,33,36). The molecule has 3 heterocycles. The lowest BCUT2D eigenvalue weighted by Crippen LogP contribution is -2.48. The maximum absolute atomic E-state index is 15.1. The molecule has 1 fully saturated rings. The number of pyridine rings is 1. The molecule has 1 aromatic carbocycles. The fourth-order valence-electron chi connectivity index (χ4n) is 4.80. The molecule has 0 spiro atoms. The van der Waals surface area contributed by atoms with E-state index in [2.05, 4.69) is 20.5 Å². The van der Waals surface area contributed by atoms with Crippen molar-refractivity contribution in [2.75, 3.05) is 11.9 Å². The van der Waals surface area contributed by atoms with Crippen molar-refractivity contribution < 1.29 is 22.7 Å². The van der Waals surface area contributed by atoms with E-state index >= 15 is 4.39 Å². The second kappa shape index (κ2) is 9.94. The van der Waals surface area contributed by atoms with E-state index in [1.165, 1.54) is 30.5 Å². The zero-order valence-corrected chi connectivity index (χ0v) is 21.4. The molecule has 5 rings (SSSR count). The second-order valence-corrected chi connectivity index (χ2v) is 10.0. The van der Waals surface area contributed by atoms with Crippen molar-refractivity contribution in [2.24, 2.45) is 5.92 Å². The highest BCUT2D eigenvalue weighted by atomic mass is 35.5. The number of nitrogens with zero attached hydrogens (tertiary/aromatic N) is 3. The third-order valence-corrected chi connectivity index (χ3v) is 7.23. The van der Waals surface area contributed by atoms with Gasteiger partial charge >= 0.3 is 6.03 Å². The van der Waals surface area contributed by atoms with E-state index < -0.39 is 29.7 Å². The molecule has 8 nitrogen and oxygen atoms in total. The lowest BCUT2D eigenvalue weighted by atomic mass is 9.92. The van der Waals surface area contributed by atoms with Gasteiger partial charge in [0.1, 0.15) is 5.82 Å². The van der Waals surface area contributed by atoms with Crippen molar-refractivity contribution >= 4 is 23.3 Å². The predicted octanol–water partition coefficient (Wildman–Crippen LogP) is 5.59. The Morgan fingerprint density at radius 3 is 2.74 bits per heavy atom. The van der Waals surface area contributed by atoms with Gasteiger partial charge in [0, 0.05) is 41.9 Å². The number of fused-ring (bicyclic) bond motifs is 1. The van der Waals surface area contributed by atoms with Crippen molar-refractivity contribution in [3.05, 3.63) is 69.0 Å². The van der Waals surface area contributed by atoms with E-state index in [-0.39, 0.29) is 41.2 Å². The number of amides is 2. The Hall–Kier alpha value is -3.60. The number of urea groups is 1. The van der Waals surface area contributed by atoms with Crippen LogP contribution in [0.1, 0.15) is 44.0 Å². The first-order chi connectivity index (χ1) is 18.1. The zero-order valence-electron chi connectivity index (χ0n) is 20.6. The van der Waals surface area contributed by atoms with Crippen molar-refractivity contribution in [2.45, 2.75) is 51.1 Å². The normalized spacial score (nSPS) is 21.5. The number of hydrogen-bond donors (Lipinski definition) is 2. The summed E-state index contributed by atoms with van der Waals surface area (Å²) in [4.78, 5) is 30.7. The monoisotopic (exact) mass is 547 g/mol. The average Bonchev–Trinajstić information content (AvgIpc) is 3.50. The summed E-state index contributed by atoms with van der Waals surface area (Å²) >= 11 is 6.44. The molecule has 0 saturated heterocycles. The molecule has 0 radical (unpaired) electrons. The highest BCUT2D eigenvalue weighted by Gasteiger charge is 2.57. The third kappa shape index (κ3) is 5.07. The average molecular weight is 548 g/mol. The predicted molar refractivity (Wildman–Crippen MR) is 135 cm³/mol. The molecule has 0 bridgehead atoms. The number of aromatic amines is 1. The molecule has 3 aromatic rings. The van der Waals surface area contributed by atoms with Gasteiger partial charge in [0.25, 0.3) is 11.5 Å². The number of anilines is 1.